The predicted molar refractivity (Wildman–Crippen MR) is 189 cm³/mol. The van der Waals surface area contributed by atoms with Crippen LogP contribution in [-0.2, 0) is 0 Å². The second-order valence-electron chi connectivity index (χ2n) is 11.5. The number of fused-ring (bicyclic) bond motifs is 9. The Morgan fingerprint density at radius 3 is 1.56 bits per heavy atom. The van der Waals surface area contributed by atoms with E-state index in [1.807, 2.05) is 6.20 Å². The van der Waals surface area contributed by atoms with E-state index >= 15 is 0 Å². The second kappa shape index (κ2) is 9.36. The standard InChI is InChI=1S/C40H24N4S/c1-5-16-33-28(12-1)29-13-2-6-17-34(29)43(33)26-11-9-10-25(22-26)40-41-24-38-39(42-40)32-23-27(20-21-37(32)45-38)44-35-18-7-3-14-30(35)31-15-4-8-19-36(31)44/h1-24H. The maximum atomic E-state index is 5.21. The van der Waals surface area contributed by atoms with Crippen molar-refractivity contribution in [2.75, 3.05) is 0 Å². The smallest absolute Gasteiger partial charge is 0.159 e. The van der Waals surface area contributed by atoms with Crippen LogP contribution in [0.4, 0.5) is 0 Å². The topological polar surface area (TPSA) is 35.6 Å². The van der Waals surface area contributed by atoms with Crippen molar-refractivity contribution >= 4 is 75.3 Å². The average molecular weight is 593 g/mol. The van der Waals surface area contributed by atoms with Gasteiger partial charge >= 0.3 is 0 Å². The van der Waals surface area contributed by atoms with Gasteiger partial charge in [0.25, 0.3) is 0 Å². The molecule has 10 aromatic rings. The van der Waals surface area contributed by atoms with Gasteiger partial charge in [-0.05, 0) is 54.6 Å². The van der Waals surface area contributed by atoms with Crippen LogP contribution in [0.1, 0.15) is 0 Å². The zero-order chi connectivity index (χ0) is 29.5. The Bertz CT molecular complexity index is 2670. The quantitative estimate of drug-likeness (QED) is 0.205. The lowest BCUT2D eigenvalue weighted by atomic mass is 10.1. The number of nitrogens with zero attached hydrogens (tertiary/aromatic N) is 4. The molecule has 0 aliphatic heterocycles. The molecule has 0 unspecified atom stereocenters. The van der Waals surface area contributed by atoms with Crippen molar-refractivity contribution in [2.45, 2.75) is 0 Å². The van der Waals surface area contributed by atoms with E-state index in [4.69, 9.17) is 9.97 Å². The van der Waals surface area contributed by atoms with Gasteiger partial charge in [0.1, 0.15) is 0 Å². The van der Waals surface area contributed by atoms with Crippen molar-refractivity contribution in [1.29, 1.82) is 0 Å². The normalized spacial score (nSPS) is 12.0. The summed E-state index contributed by atoms with van der Waals surface area (Å²) in [6, 6.07) is 49.8. The van der Waals surface area contributed by atoms with Gasteiger partial charge in [0.2, 0.25) is 0 Å². The van der Waals surface area contributed by atoms with Crippen molar-refractivity contribution in [1.82, 2.24) is 19.1 Å². The van der Waals surface area contributed by atoms with Crippen molar-refractivity contribution < 1.29 is 0 Å². The molecule has 0 radical (unpaired) electrons. The molecule has 4 heterocycles. The van der Waals surface area contributed by atoms with Crippen LogP contribution in [-0.4, -0.2) is 19.1 Å². The third-order valence-electron chi connectivity index (χ3n) is 8.97. The first-order chi connectivity index (χ1) is 22.3. The molecule has 0 bridgehead atoms. The summed E-state index contributed by atoms with van der Waals surface area (Å²) < 4.78 is 7.00. The maximum absolute atomic E-state index is 5.21. The van der Waals surface area contributed by atoms with E-state index in [0.717, 1.165) is 38.4 Å². The summed E-state index contributed by atoms with van der Waals surface area (Å²) in [5.74, 6) is 0.729. The van der Waals surface area contributed by atoms with Crippen molar-refractivity contribution in [2.24, 2.45) is 0 Å². The minimum Gasteiger partial charge on any atom is -0.309 e. The van der Waals surface area contributed by atoms with Gasteiger partial charge in [0.05, 0.1) is 32.3 Å². The van der Waals surface area contributed by atoms with E-state index in [-0.39, 0.29) is 0 Å². The fourth-order valence-corrected chi connectivity index (χ4v) is 8.01. The minimum absolute atomic E-state index is 0.729. The SMILES string of the molecule is c1cc(-c2ncc3sc4ccc(-n5c6ccccc6c6ccccc65)cc4c3n2)cc(-n2c3ccccc3c3ccccc32)c1. The first kappa shape index (κ1) is 24.6. The number of hydrogen-bond acceptors (Lipinski definition) is 3. The molecule has 0 aliphatic carbocycles. The van der Waals surface area contributed by atoms with Crippen LogP contribution < -0.4 is 0 Å². The van der Waals surface area contributed by atoms with Gasteiger partial charge in [0, 0.05) is 54.8 Å². The number of para-hydroxylation sites is 4. The number of rotatable bonds is 3. The molecule has 0 amide bonds. The van der Waals surface area contributed by atoms with E-state index in [2.05, 4.69) is 149 Å². The van der Waals surface area contributed by atoms with Gasteiger partial charge in [-0.25, -0.2) is 9.97 Å². The van der Waals surface area contributed by atoms with E-state index in [9.17, 15) is 0 Å². The summed E-state index contributed by atoms with van der Waals surface area (Å²) in [5.41, 5.74) is 9.00. The third kappa shape index (κ3) is 3.59. The predicted octanol–water partition coefficient (Wildman–Crippen LogP) is 10.7. The zero-order valence-corrected chi connectivity index (χ0v) is 24.9. The van der Waals surface area contributed by atoms with E-state index in [1.54, 1.807) is 11.3 Å². The summed E-state index contributed by atoms with van der Waals surface area (Å²) in [5, 5.41) is 6.17. The average Bonchev–Trinajstić information content (AvgIpc) is 3.75. The van der Waals surface area contributed by atoms with Gasteiger partial charge in [-0.15, -0.1) is 11.3 Å². The van der Waals surface area contributed by atoms with E-state index < -0.39 is 0 Å². The summed E-state index contributed by atoms with van der Waals surface area (Å²) in [7, 11) is 0. The highest BCUT2D eigenvalue weighted by molar-refractivity contribution is 7.25. The van der Waals surface area contributed by atoms with Gasteiger partial charge < -0.3 is 9.13 Å². The molecule has 210 valence electrons. The molecule has 10 rings (SSSR count). The number of thiophene rings is 1. The van der Waals surface area contributed by atoms with Crippen molar-refractivity contribution in [3.05, 3.63) is 146 Å². The Labute approximate surface area is 262 Å². The lowest BCUT2D eigenvalue weighted by Gasteiger charge is -2.10. The Hall–Kier alpha value is -5.78. The first-order valence-corrected chi connectivity index (χ1v) is 15.9. The molecular weight excluding hydrogens is 569 g/mol. The van der Waals surface area contributed by atoms with Crippen molar-refractivity contribution in [3.8, 4) is 22.8 Å². The van der Waals surface area contributed by atoms with Crippen LogP contribution in [0.3, 0.4) is 0 Å². The largest absolute Gasteiger partial charge is 0.309 e. The lowest BCUT2D eigenvalue weighted by molar-refractivity contribution is 1.17. The molecule has 6 aromatic carbocycles. The molecule has 0 saturated heterocycles. The number of aromatic nitrogens is 4. The highest BCUT2D eigenvalue weighted by atomic mass is 32.1. The summed E-state index contributed by atoms with van der Waals surface area (Å²) >= 11 is 1.74. The van der Waals surface area contributed by atoms with E-state index in [1.165, 1.54) is 48.3 Å². The summed E-state index contributed by atoms with van der Waals surface area (Å²) in [4.78, 5) is 10.1. The summed E-state index contributed by atoms with van der Waals surface area (Å²) in [6.07, 6.45) is 1.98. The first-order valence-electron chi connectivity index (χ1n) is 15.1. The molecule has 0 spiro atoms. The van der Waals surface area contributed by atoms with Gasteiger partial charge in [-0.3, -0.25) is 0 Å². The molecule has 5 heteroatoms. The Kier molecular flexibility index (Phi) is 5.12. The van der Waals surface area contributed by atoms with Crippen LogP contribution in [0.5, 0.6) is 0 Å². The Morgan fingerprint density at radius 1 is 0.444 bits per heavy atom. The molecule has 0 atom stereocenters. The third-order valence-corrected chi connectivity index (χ3v) is 10.1. The van der Waals surface area contributed by atoms with Gasteiger partial charge in [0.15, 0.2) is 5.82 Å². The number of benzene rings is 6. The van der Waals surface area contributed by atoms with E-state index in [0.29, 0.717) is 0 Å². The second-order valence-corrected chi connectivity index (χ2v) is 12.6. The molecule has 0 N–H and O–H groups in total. The van der Waals surface area contributed by atoms with Gasteiger partial charge in [-0.2, -0.15) is 0 Å². The minimum atomic E-state index is 0.729. The van der Waals surface area contributed by atoms with Crippen LogP contribution in [0.2, 0.25) is 0 Å². The Morgan fingerprint density at radius 2 is 0.978 bits per heavy atom. The van der Waals surface area contributed by atoms with Crippen LogP contribution in [0, 0.1) is 0 Å². The monoisotopic (exact) mass is 592 g/mol. The molecule has 0 aliphatic rings. The Balaban J connectivity index is 1.15. The maximum Gasteiger partial charge on any atom is 0.159 e. The lowest BCUT2D eigenvalue weighted by Crippen LogP contribution is -1.95. The highest BCUT2D eigenvalue weighted by Gasteiger charge is 2.16. The molecular formula is C40H24N4S. The molecule has 0 fully saturated rings. The fourth-order valence-electron chi connectivity index (χ4n) is 7.01. The molecule has 0 saturated carbocycles. The molecule has 4 aromatic heterocycles. The zero-order valence-electron chi connectivity index (χ0n) is 24.1. The van der Waals surface area contributed by atoms with Crippen LogP contribution in [0.15, 0.2) is 146 Å². The van der Waals surface area contributed by atoms with Crippen LogP contribution in [0.25, 0.3) is 86.7 Å². The van der Waals surface area contributed by atoms with Gasteiger partial charge in [-0.1, -0.05) is 84.9 Å². The highest BCUT2D eigenvalue weighted by Crippen LogP contribution is 2.38. The van der Waals surface area contributed by atoms with Crippen LogP contribution >= 0.6 is 11.3 Å². The molecule has 45 heavy (non-hydrogen) atoms. The molecule has 4 nitrogen and oxygen atoms in total. The fraction of sp³-hybridized carbons (Fsp3) is 0. The number of hydrogen-bond donors (Lipinski definition) is 0. The summed E-state index contributed by atoms with van der Waals surface area (Å²) in [6.45, 7) is 0. The van der Waals surface area contributed by atoms with Crippen molar-refractivity contribution in [3.63, 3.8) is 0 Å².